The molecule has 1 heterocycles. The normalized spacial score (nSPS) is 21.0. The molecule has 0 spiro atoms. The predicted octanol–water partition coefficient (Wildman–Crippen LogP) is 1.45. The van der Waals surface area contributed by atoms with Crippen LogP contribution in [0.5, 0.6) is 0 Å². The number of hydrogen-bond acceptors (Lipinski definition) is 2. The highest BCUT2D eigenvalue weighted by Crippen LogP contribution is 2.00. The van der Waals surface area contributed by atoms with Gasteiger partial charge in [0.1, 0.15) is 6.10 Å². The van der Waals surface area contributed by atoms with E-state index in [4.69, 9.17) is 9.47 Å². The Morgan fingerprint density at radius 3 is 2.71 bits per heavy atom. The fourth-order valence-corrected chi connectivity index (χ4v) is 1.26. The van der Waals surface area contributed by atoms with Gasteiger partial charge in [0, 0.05) is 5.56 Å². The first kappa shape index (κ1) is 9.26. The Balaban J connectivity index is 1.99. The van der Waals surface area contributed by atoms with E-state index < -0.39 is 0 Å². The molecule has 1 fully saturated rings. The third kappa shape index (κ3) is 2.59. The smallest absolute Gasteiger partial charge is 0.141 e. The van der Waals surface area contributed by atoms with Crippen molar-refractivity contribution in [3.8, 4) is 11.8 Å². The number of benzene rings is 1. The van der Waals surface area contributed by atoms with Crippen molar-refractivity contribution in [1.29, 1.82) is 0 Å². The van der Waals surface area contributed by atoms with Gasteiger partial charge in [0.2, 0.25) is 0 Å². The van der Waals surface area contributed by atoms with Crippen molar-refractivity contribution in [1.82, 2.24) is 0 Å². The molecule has 0 radical (unpaired) electrons. The van der Waals surface area contributed by atoms with Gasteiger partial charge in [0.05, 0.1) is 19.8 Å². The molecule has 1 aromatic rings. The average molecular weight is 188 g/mol. The van der Waals surface area contributed by atoms with E-state index in [0.717, 1.165) is 5.56 Å². The second-order valence-electron chi connectivity index (χ2n) is 3.07. The number of ether oxygens (including phenoxy) is 2. The first-order valence-electron chi connectivity index (χ1n) is 4.71. The van der Waals surface area contributed by atoms with Crippen molar-refractivity contribution in [2.75, 3.05) is 19.8 Å². The van der Waals surface area contributed by atoms with Gasteiger partial charge in [-0.15, -0.1) is 0 Å². The quantitative estimate of drug-likeness (QED) is 0.574. The summed E-state index contributed by atoms with van der Waals surface area (Å²) in [5.41, 5.74) is 1.02. The molecule has 1 aliphatic rings. The summed E-state index contributed by atoms with van der Waals surface area (Å²) in [6.45, 7) is 1.91. The lowest BCUT2D eigenvalue weighted by atomic mass is 10.2. The fourth-order valence-electron chi connectivity index (χ4n) is 1.26. The molecule has 2 rings (SSSR count). The summed E-state index contributed by atoms with van der Waals surface area (Å²) in [5, 5.41) is 0. The maximum atomic E-state index is 5.40. The SMILES string of the molecule is C(#CC1COCCO1)c1ccccc1. The third-order valence-electron chi connectivity index (χ3n) is 1.97. The van der Waals surface area contributed by atoms with Crippen LogP contribution in [0.3, 0.4) is 0 Å². The zero-order chi connectivity index (χ0) is 9.64. The second-order valence-corrected chi connectivity index (χ2v) is 3.07. The van der Waals surface area contributed by atoms with Crippen LogP contribution in [-0.4, -0.2) is 25.9 Å². The molecular weight excluding hydrogens is 176 g/mol. The van der Waals surface area contributed by atoms with Gasteiger partial charge in [-0.05, 0) is 12.1 Å². The molecule has 1 saturated heterocycles. The zero-order valence-corrected chi connectivity index (χ0v) is 7.90. The summed E-state index contributed by atoms with van der Waals surface area (Å²) in [7, 11) is 0. The van der Waals surface area contributed by atoms with Crippen LogP contribution >= 0.6 is 0 Å². The molecule has 1 atom stereocenters. The van der Waals surface area contributed by atoms with Crippen LogP contribution in [0.1, 0.15) is 5.56 Å². The lowest BCUT2D eigenvalue weighted by Crippen LogP contribution is -2.27. The Hall–Kier alpha value is -1.30. The molecule has 0 N–H and O–H groups in total. The van der Waals surface area contributed by atoms with Crippen LogP contribution in [0, 0.1) is 11.8 Å². The van der Waals surface area contributed by atoms with Crippen LogP contribution in [0.25, 0.3) is 0 Å². The molecule has 1 unspecified atom stereocenters. The fraction of sp³-hybridized carbons (Fsp3) is 0.333. The van der Waals surface area contributed by atoms with E-state index in [0.29, 0.717) is 19.8 Å². The van der Waals surface area contributed by atoms with E-state index in [1.807, 2.05) is 30.3 Å². The minimum Gasteiger partial charge on any atom is -0.375 e. The summed E-state index contributed by atoms with van der Waals surface area (Å²) in [4.78, 5) is 0. The molecule has 2 heteroatoms. The van der Waals surface area contributed by atoms with Crippen molar-refractivity contribution in [2.45, 2.75) is 6.10 Å². The zero-order valence-electron chi connectivity index (χ0n) is 7.90. The summed E-state index contributed by atoms with van der Waals surface area (Å²) >= 11 is 0. The molecule has 14 heavy (non-hydrogen) atoms. The predicted molar refractivity (Wildman–Crippen MR) is 53.9 cm³/mol. The van der Waals surface area contributed by atoms with Crippen LogP contribution in [0.2, 0.25) is 0 Å². The highest BCUT2D eigenvalue weighted by molar-refractivity contribution is 5.34. The minimum atomic E-state index is -0.0658. The minimum absolute atomic E-state index is 0.0658. The maximum absolute atomic E-state index is 5.40. The monoisotopic (exact) mass is 188 g/mol. The van der Waals surface area contributed by atoms with E-state index in [1.165, 1.54) is 0 Å². The first-order valence-corrected chi connectivity index (χ1v) is 4.71. The van der Waals surface area contributed by atoms with Gasteiger partial charge in [-0.1, -0.05) is 30.0 Å². The molecule has 1 aliphatic heterocycles. The maximum Gasteiger partial charge on any atom is 0.141 e. The van der Waals surface area contributed by atoms with Crippen molar-refractivity contribution in [3.63, 3.8) is 0 Å². The summed E-state index contributed by atoms with van der Waals surface area (Å²) in [6.07, 6.45) is -0.0658. The van der Waals surface area contributed by atoms with Gasteiger partial charge in [0.25, 0.3) is 0 Å². The number of hydrogen-bond donors (Lipinski definition) is 0. The van der Waals surface area contributed by atoms with E-state index in [1.54, 1.807) is 0 Å². The largest absolute Gasteiger partial charge is 0.375 e. The Morgan fingerprint density at radius 1 is 1.14 bits per heavy atom. The van der Waals surface area contributed by atoms with Crippen LogP contribution in [0.4, 0.5) is 0 Å². The van der Waals surface area contributed by atoms with Gasteiger partial charge >= 0.3 is 0 Å². The number of rotatable bonds is 0. The van der Waals surface area contributed by atoms with Crippen molar-refractivity contribution in [3.05, 3.63) is 35.9 Å². The third-order valence-corrected chi connectivity index (χ3v) is 1.97. The summed E-state index contributed by atoms with van der Waals surface area (Å²) in [5.74, 6) is 6.10. The average Bonchev–Trinajstić information content (AvgIpc) is 2.29. The molecular formula is C12H12O2. The topological polar surface area (TPSA) is 18.5 Å². The van der Waals surface area contributed by atoms with E-state index in [9.17, 15) is 0 Å². The summed E-state index contributed by atoms with van der Waals surface area (Å²) < 4.78 is 10.6. The first-order chi connectivity index (χ1) is 6.95. The molecule has 1 aromatic carbocycles. The standard InChI is InChI=1S/C12H12O2/c1-2-4-11(5-3-1)6-7-12-10-13-8-9-14-12/h1-5,12H,8-10H2. The van der Waals surface area contributed by atoms with E-state index in [2.05, 4.69) is 11.8 Å². The van der Waals surface area contributed by atoms with Gasteiger partial charge in [0.15, 0.2) is 0 Å². The molecule has 2 nitrogen and oxygen atoms in total. The second kappa shape index (κ2) is 4.80. The van der Waals surface area contributed by atoms with Gasteiger partial charge in [-0.25, -0.2) is 0 Å². The van der Waals surface area contributed by atoms with Gasteiger partial charge in [-0.3, -0.25) is 0 Å². The lowest BCUT2D eigenvalue weighted by Gasteiger charge is -2.17. The van der Waals surface area contributed by atoms with Crippen LogP contribution < -0.4 is 0 Å². The molecule has 0 bridgehead atoms. The molecule has 0 aromatic heterocycles. The Morgan fingerprint density at radius 2 is 2.00 bits per heavy atom. The van der Waals surface area contributed by atoms with Crippen LogP contribution in [-0.2, 0) is 9.47 Å². The highest BCUT2D eigenvalue weighted by atomic mass is 16.6. The molecule has 72 valence electrons. The van der Waals surface area contributed by atoms with Gasteiger partial charge in [-0.2, -0.15) is 0 Å². The Kier molecular flexibility index (Phi) is 3.18. The Labute approximate surface area is 83.8 Å². The van der Waals surface area contributed by atoms with Crippen molar-refractivity contribution >= 4 is 0 Å². The lowest BCUT2D eigenvalue weighted by molar-refractivity contribution is -0.0635. The molecule has 0 amide bonds. The van der Waals surface area contributed by atoms with Gasteiger partial charge < -0.3 is 9.47 Å². The Bertz CT molecular complexity index is 328. The highest BCUT2D eigenvalue weighted by Gasteiger charge is 2.10. The van der Waals surface area contributed by atoms with E-state index >= 15 is 0 Å². The van der Waals surface area contributed by atoms with Crippen molar-refractivity contribution < 1.29 is 9.47 Å². The van der Waals surface area contributed by atoms with E-state index in [-0.39, 0.29) is 6.10 Å². The molecule has 0 aliphatic carbocycles. The van der Waals surface area contributed by atoms with Crippen LogP contribution in [0.15, 0.2) is 30.3 Å². The summed E-state index contributed by atoms with van der Waals surface area (Å²) in [6, 6.07) is 9.89. The van der Waals surface area contributed by atoms with Crippen molar-refractivity contribution in [2.24, 2.45) is 0 Å². The molecule has 0 saturated carbocycles.